The molecule has 27 heavy (non-hydrogen) atoms. The topological polar surface area (TPSA) is 71.1 Å². The third-order valence-electron chi connectivity index (χ3n) is 3.59. The monoisotopic (exact) mass is 407 g/mol. The second-order valence-corrected chi connectivity index (χ2v) is 6.93. The van der Waals surface area contributed by atoms with Gasteiger partial charge in [0.1, 0.15) is 16.5 Å². The van der Waals surface area contributed by atoms with Crippen LogP contribution in [0.5, 0.6) is 0 Å². The van der Waals surface area contributed by atoms with Crippen LogP contribution in [-0.2, 0) is 0 Å². The lowest BCUT2D eigenvalue weighted by Crippen LogP contribution is -2.13. The molecule has 0 saturated carbocycles. The van der Waals surface area contributed by atoms with E-state index in [1.807, 2.05) is 0 Å². The maximum Gasteiger partial charge on any atom is 0.267 e. The summed E-state index contributed by atoms with van der Waals surface area (Å²) in [6.45, 7) is 1.80. The van der Waals surface area contributed by atoms with E-state index in [-0.39, 0.29) is 15.6 Å². The molecule has 0 aliphatic carbocycles. The first-order valence-corrected chi connectivity index (χ1v) is 8.83. The Hall–Kier alpha value is -2.84. The van der Waals surface area contributed by atoms with Crippen molar-refractivity contribution < 1.29 is 18.4 Å². The van der Waals surface area contributed by atoms with E-state index in [1.54, 1.807) is 25.1 Å². The molecule has 9 heteroatoms. The van der Waals surface area contributed by atoms with Gasteiger partial charge in [0.15, 0.2) is 5.13 Å². The van der Waals surface area contributed by atoms with Gasteiger partial charge in [0.25, 0.3) is 11.8 Å². The van der Waals surface area contributed by atoms with E-state index in [0.717, 1.165) is 29.0 Å². The molecule has 0 bridgehead atoms. The molecule has 0 atom stereocenters. The predicted octanol–water partition coefficient (Wildman–Crippen LogP) is 4.89. The summed E-state index contributed by atoms with van der Waals surface area (Å²) >= 11 is 6.99. The fourth-order valence-corrected chi connectivity index (χ4v) is 3.22. The van der Waals surface area contributed by atoms with Crippen LogP contribution in [0, 0.1) is 18.6 Å². The average Bonchev–Trinajstić information content (AvgIpc) is 3.06. The van der Waals surface area contributed by atoms with E-state index in [0.29, 0.717) is 16.8 Å². The summed E-state index contributed by atoms with van der Waals surface area (Å²) in [5.41, 5.74) is 0.946. The maximum atomic E-state index is 13.7. The van der Waals surface area contributed by atoms with Gasteiger partial charge in [-0.05, 0) is 30.7 Å². The van der Waals surface area contributed by atoms with Crippen molar-refractivity contribution >= 4 is 45.6 Å². The Labute approximate surface area is 162 Å². The molecular formula is C18H12ClF2N3O2S. The minimum atomic E-state index is -0.990. The first-order chi connectivity index (χ1) is 12.8. The number of hydrogen-bond acceptors (Lipinski definition) is 4. The molecule has 3 rings (SSSR count). The summed E-state index contributed by atoms with van der Waals surface area (Å²) in [7, 11) is 0. The summed E-state index contributed by atoms with van der Waals surface area (Å²) in [5, 5.41) is 5.57. The largest absolute Gasteiger partial charge is 0.320 e. The third-order valence-corrected chi connectivity index (χ3v) is 4.81. The SMILES string of the molecule is Cc1cccc(Cl)c1NC(=O)c1cnc(NC(=O)c2ccc(F)cc2F)s1. The number of nitrogens with zero attached hydrogens (tertiary/aromatic N) is 1. The number of carbonyl (C=O) groups is 2. The molecule has 5 nitrogen and oxygen atoms in total. The van der Waals surface area contributed by atoms with Gasteiger partial charge < -0.3 is 5.32 Å². The Morgan fingerprint density at radius 1 is 1.11 bits per heavy atom. The smallest absolute Gasteiger partial charge is 0.267 e. The highest BCUT2D eigenvalue weighted by Crippen LogP contribution is 2.27. The summed E-state index contributed by atoms with van der Waals surface area (Å²) < 4.78 is 26.6. The van der Waals surface area contributed by atoms with Crippen LogP contribution in [-0.4, -0.2) is 16.8 Å². The van der Waals surface area contributed by atoms with Gasteiger partial charge in [-0.3, -0.25) is 14.9 Å². The fourth-order valence-electron chi connectivity index (χ4n) is 2.24. The van der Waals surface area contributed by atoms with E-state index in [4.69, 9.17) is 11.6 Å². The number of aromatic nitrogens is 1. The van der Waals surface area contributed by atoms with Gasteiger partial charge in [-0.2, -0.15) is 0 Å². The maximum absolute atomic E-state index is 13.7. The standard InChI is InChI=1S/C18H12ClF2N3O2S/c1-9-3-2-4-12(19)15(9)23-17(26)14-8-22-18(27-14)24-16(25)11-6-5-10(20)7-13(11)21/h2-8H,1H3,(H,23,26)(H,22,24,25). The number of benzene rings is 2. The normalized spacial score (nSPS) is 10.5. The molecule has 0 fully saturated rings. The van der Waals surface area contributed by atoms with Crippen molar-refractivity contribution in [2.45, 2.75) is 6.92 Å². The van der Waals surface area contributed by atoms with E-state index >= 15 is 0 Å². The minimum Gasteiger partial charge on any atom is -0.320 e. The van der Waals surface area contributed by atoms with Crippen molar-refractivity contribution in [2.24, 2.45) is 0 Å². The van der Waals surface area contributed by atoms with Crippen LogP contribution in [0.4, 0.5) is 19.6 Å². The number of nitrogens with one attached hydrogen (secondary N) is 2. The Morgan fingerprint density at radius 2 is 1.89 bits per heavy atom. The number of thiazole rings is 1. The van der Waals surface area contributed by atoms with Crippen LogP contribution < -0.4 is 10.6 Å². The molecule has 0 spiro atoms. The van der Waals surface area contributed by atoms with Gasteiger partial charge in [0, 0.05) is 6.07 Å². The van der Waals surface area contributed by atoms with Crippen molar-refractivity contribution in [2.75, 3.05) is 10.6 Å². The molecule has 2 N–H and O–H groups in total. The molecule has 0 aliphatic rings. The van der Waals surface area contributed by atoms with Crippen LogP contribution in [0.3, 0.4) is 0 Å². The summed E-state index contributed by atoms with van der Waals surface area (Å²) in [4.78, 5) is 28.6. The number of hydrogen-bond donors (Lipinski definition) is 2. The van der Waals surface area contributed by atoms with Crippen LogP contribution in [0.15, 0.2) is 42.6 Å². The summed E-state index contributed by atoms with van der Waals surface area (Å²) in [5.74, 6) is -3.02. The average molecular weight is 408 g/mol. The van der Waals surface area contributed by atoms with E-state index in [2.05, 4.69) is 15.6 Å². The van der Waals surface area contributed by atoms with Crippen molar-refractivity contribution in [1.82, 2.24) is 4.98 Å². The zero-order valence-corrected chi connectivity index (χ0v) is 15.4. The van der Waals surface area contributed by atoms with Gasteiger partial charge in [0.05, 0.1) is 22.5 Å². The Morgan fingerprint density at radius 3 is 2.59 bits per heavy atom. The Kier molecular flexibility index (Phi) is 5.48. The number of halogens is 3. The lowest BCUT2D eigenvalue weighted by molar-refractivity contribution is 0.101. The highest BCUT2D eigenvalue weighted by Gasteiger charge is 2.17. The highest BCUT2D eigenvalue weighted by atomic mass is 35.5. The Balaban J connectivity index is 1.72. The zero-order chi connectivity index (χ0) is 19.6. The minimum absolute atomic E-state index is 0.102. The first kappa shape index (κ1) is 18.9. The van der Waals surface area contributed by atoms with Gasteiger partial charge in [-0.1, -0.05) is 35.1 Å². The van der Waals surface area contributed by atoms with Crippen LogP contribution in [0.1, 0.15) is 25.6 Å². The lowest BCUT2D eigenvalue weighted by atomic mass is 10.2. The molecule has 3 aromatic rings. The van der Waals surface area contributed by atoms with Crippen molar-refractivity contribution in [3.8, 4) is 0 Å². The van der Waals surface area contributed by atoms with E-state index in [9.17, 15) is 18.4 Å². The van der Waals surface area contributed by atoms with Crippen LogP contribution in [0.2, 0.25) is 5.02 Å². The lowest BCUT2D eigenvalue weighted by Gasteiger charge is -2.08. The quantitative estimate of drug-likeness (QED) is 0.647. The molecule has 1 aromatic heterocycles. The highest BCUT2D eigenvalue weighted by molar-refractivity contribution is 7.17. The second-order valence-electron chi connectivity index (χ2n) is 5.49. The number of carbonyl (C=O) groups excluding carboxylic acids is 2. The zero-order valence-electron chi connectivity index (χ0n) is 13.8. The Bertz CT molecular complexity index is 1020. The molecule has 1 heterocycles. The third kappa shape index (κ3) is 4.29. The molecule has 2 aromatic carbocycles. The summed E-state index contributed by atoms with van der Waals surface area (Å²) in [6.07, 6.45) is 1.28. The van der Waals surface area contributed by atoms with E-state index < -0.39 is 23.4 Å². The molecular weight excluding hydrogens is 396 g/mol. The van der Waals surface area contributed by atoms with Crippen LogP contribution >= 0.6 is 22.9 Å². The van der Waals surface area contributed by atoms with Gasteiger partial charge in [-0.25, -0.2) is 13.8 Å². The first-order valence-electron chi connectivity index (χ1n) is 7.64. The number of aryl methyl sites for hydroxylation is 1. The van der Waals surface area contributed by atoms with Crippen molar-refractivity contribution in [3.05, 3.63) is 75.3 Å². The molecule has 138 valence electrons. The molecule has 0 saturated heterocycles. The van der Waals surface area contributed by atoms with Gasteiger partial charge in [0.2, 0.25) is 0 Å². The molecule has 0 radical (unpaired) electrons. The van der Waals surface area contributed by atoms with E-state index in [1.165, 1.54) is 6.20 Å². The number of rotatable bonds is 4. The van der Waals surface area contributed by atoms with Crippen molar-refractivity contribution in [1.29, 1.82) is 0 Å². The summed E-state index contributed by atoms with van der Waals surface area (Å²) in [6, 6.07) is 7.84. The molecule has 0 unspecified atom stereocenters. The van der Waals surface area contributed by atoms with Crippen LogP contribution in [0.25, 0.3) is 0 Å². The number of anilines is 2. The predicted molar refractivity (Wildman–Crippen MR) is 101 cm³/mol. The fraction of sp³-hybridized carbons (Fsp3) is 0.0556. The number of para-hydroxylation sites is 1. The van der Waals surface area contributed by atoms with Crippen molar-refractivity contribution in [3.63, 3.8) is 0 Å². The number of amides is 2. The van der Waals surface area contributed by atoms with Gasteiger partial charge >= 0.3 is 0 Å². The van der Waals surface area contributed by atoms with Gasteiger partial charge in [-0.15, -0.1) is 0 Å². The molecule has 2 amide bonds. The molecule has 0 aliphatic heterocycles. The second kappa shape index (κ2) is 7.81.